The Kier molecular flexibility index (Phi) is 3.40. The van der Waals surface area contributed by atoms with Crippen molar-refractivity contribution in [2.24, 2.45) is 0 Å². The van der Waals surface area contributed by atoms with E-state index in [0.29, 0.717) is 5.56 Å². The summed E-state index contributed by atoms with van der Waals surface area (Å²) in [5.74, 6) is -0.602. The Morgan fingerprint density at radius 1 is 1.48 bits per heavy atom. The van der Waals surface area contributed by atoms with Crippen LogP contribution in [0.1, 0.15) is 42.8 Å². The second kappa shape index (κ2) is 5.23. The van der Waals surface area contributed by atoms with Crippen molar-refractivity contribution in [3.05, 3.63) is 35.2 Å². The number of aromatic nitrogens is 2. The number of rotatable bonds is 3. The summed E-state index contributed by atoms with van der Waals surface area (Å²) >= 11 is 0. The van der Waals surface area contributed by atoms with Crippen molar-refractivity contribution in [2.45, 2.75) is 32.2 Å². The molecule has 21 heavy (non-hydrogen) atoms. The molecule has 1 unspecified atom stereocenters. The lowest BCUT2D eigenvalue weighted by Crippen LogP contribution is -2.24. The van der Waals surface area contributed by atoms with E-state index in [0.717, 1.165) is 24.0 Å². The summed E-state index contributed by atoms with van der Waals surface area (Å²) in [7, 11) is 0. The molecule has 3 rings (SSSR count). The molecule has 0 spiro atoms. The zero-order valence-corrected chi connectivity index (χ0v) is 11.3. The molecule has 0 radical (unpaired) electrons. The van der Waals surface area contributed by atoms with Crippen molar-refractivity contribution in [1.29, 1.82) is 0 Å². The van der Waals surface area contributed by atoms with E-state index in [2.05, 4.69) is 20.0 Å². The first-order valence-electron chi connectivity index (χ1n) is 6.56. The van der Waals surface area contributed by atoms with Gasteiger partial charge in [0.05, 0.1) is 6.04 Å². The molecule has 0 fully saturated rings. The number of aryl methyl sites for hydroxylation is 1. The highest BCUT2D eigenvalue weighted by molar-refractivity contribution is 5.73. The highest BCUT2D eigenvalue weighted by Gasteiger charge is 2.24. The Hall–Kier alpha value is -2.31. The minimum Gasteiger partial charge on any atom is -0.350 e. The van der Waals surface area contributed by atoms with Crippen LogP contribution in [-0.2, 0) is 11.2 Å². The van der Waals surface area contributed by atoms with Crippen molar-refractivity contribution in [3.63, 3.8) is 0 Å². The molecule has 1 aromatic carbocycles. The van der Waals surface area contributed by atoms with Gasteiger partial charge in [-0.05, 0) is 30.0 Å². The summed E-state index contributed by atoms with van der Waals surface area (Å²) in [6, 6.07) is 5.49. The van der Waals surface area contributed by atoms with Crippen molar-refractivity contribution in [2.75, 3.05) is 0 Å². The normalized spacial score (nSPS) is 17.0. The quantitative estimate of drug-likeness (QED) is 0.944. The smallest absolute Gasteiger partial charge is 0.315 e. The van der Waals surface area contributed by atoms with Gasteiger partial charge in [-0.3, -0.25) is 4.79 Å². The van der Waals surface area contributed by atoms with Crippen LogP contribution in [-0.4, -0.2) is 16.0 Å². The summed E-state index contributed by atoms with van der Waals surface area (Å²) in [5.41, 5.74) is 2.74. The predicted molar refractivity (Wildman–Crippen MR) is 69.6 cm³/mol. The molecule has 1 aliphatic rings. The maximum atomic E-state index is 12.5. The third kappa shape index (κ3) is 2.63. The van der Waals surface area contributed by atoms with Gasteiger partial charge in [-0.15, -0.1) is 0 Å². The number of fused-ring (bicyclic) bond motifs is 1. The van der Waals surface area contributed by atoms with E-state index in [9.17, 15) is 13.6 Å². The summed E-state index contributed by atoms with van der Waals surface area (Å²) < 4.78 is 29.4. The number of hydrogen-bond donors (Lipinski definition) is 1. The Morgan fingerprint density at radius 2 is 2.29 bits per heavy atom. The number of halogens is 2. The summed E-state index contributed by atoms with van der Waals surface area (Å²) in [6.07, 6.45) is -1.13. The molecule has 1 N–H and O–H groups in total. The van der Waals surface area contributed by atoms with Crippen LogP contribution >= 0.6 is 0 Å². The van der Waals surface area contributed by atoms with E-state index in [1.807, 2.05) is 12.1 Å². The zero-order valence-electron chi connectivity index (χ0n) is 11.3. The fourth-order valence-corrected chi connectivity index (χ4v) is 2.59. The summed E-state index contributed by atoms with van der Waals surface area (Å²) in [5, 5.41) is 6.45. The Bertz CT molecular complexity index is 685. The number of carbonyl (C=O) groups excluding carboxylic acids is 1. The third-order valence-corrected chi connectivity index (χ3v) is 3.48. The first-order chi connectivity index (χ1) is 10.0. The summed E-state index contributed by atoms with van der Waals surface area (Å²) in [6.45, 7) is 1.48. The molecule has 0 aliphatic heterocycles. The molecule has 5 nitrogen and oxygen atoms in total. The van der Waals surface area contributed by atoms with Gasteiger partial charge in [0.1, 0.15) is 0 Å². The number of hydrogen-bond acceptors (Lipinski definition) is 4. The molecule has 1 aromatic heterocycles. The first-order valence-corrected chi connectivity index (χ1v) is 6.56. The van der Waals surface area contributed by atoms with Gasteiger partial charge in [-0.25, -0.2) is 0 Å². The number of benzene rings is 1. The lowest BCUT2D eigenvalue weighted by Gasteiger charge is -2.12. The van der Waals surface area contributed by atoms with E-state index < -0.39 is 12.3 Å². The van der Waals surface area contributed by atoms with Crippen LogP contribution in [0.25, 0.3) is 11.4 Å². The Labute approximate surface area is 119 Å². The van der Waals surface area contributed by atoms with Crippen molar-refractivity contribution in [1.82, 2.24) is 15.5 Å². The minimum atomic E-state index is -2.77. The average molecular weight is 293 g/mol. The molecule has 7 heteroatoms. The van der Waals surface area contributed by atoms with Gasteiger partial charge >= 0.3 is 6.43 Å². The highest BCUT2D eigenvalue weighted by Crippen LogP contribution is 2.33. The van der Waals surface area contributed by atoms with Crippen LogP contribution in [0, 0.1) is 0 Å². The third-order valence-electron chi connectivity index (χ3n) is 3.48. The van der Waals surface area contributed by atoms with E-state index in [1.165, 1.54) is 6.92 Å². The van der Waals surface area contributed by atoms with E-state index in [1.54, 1.807) is 6.07 Å². The SMILES string of the molecule is CC(=O)NC1CCc2cc(-c3noc(C(F)F)n3)ccc21. The molecule has 1 atom stereocenters. The fraction of sp³-hybridized carbons (Fsp3) is 0.357. The van der Waals surface area contributed by atoms with Gasteiger partial charge in [0.25, 0.3) is 5.89 Å². The standard InChI is InChI=1S/C14H13F2N3O2/c1-7(20)17-11-5-3-8-6-9(2-4-10(8)11)13-18-14(12(15)16)21-19-13/h2,4,6,11-12H,3,5H2,1H3,(H,17,20). The molecular formula is C14H13F2N3O2. The molecule has 1 heterocycles. The molecule has 0 saturated heterocycles. The zero-order chi connectivity index (χ0) is 15.0. The number of carbonyl (C=O) groups is 1. The fourth-order valence-electron chi connectivity index (χ4n) is 2.59. The van der Waals surface area contributed by atoms with Gasteiger partial charge < -0.3 is 9.84 Å². The van der Waals surface area contributed by atoms with E-state index in [4.69, 9.17) is 0 Å². The lowest BCUT2D eigenvalue weighted by atomic mass is 10.0. The number of alkyl halides is 2. The predicted octanol–water partition coefficient (Wildman–Crippen LogP) is 2.80. The Morgan fingerprint density at radius 3 is 2.95 bits per heavy atom. The second-order valence-electron chi connectivity index (χ2n) is 4.96. The van der Waals surface area contributed by atoms with E-state index in [-0.39, 0.29) is 17.8 Å². The van der Waals surface area contributed by atoms with Crippen molar-refractivity contribution in [3.8, 4) is 11.4 Å². The molecule has 110 valence electrons. The molecule has 0 saturated carbocycles. The van der Waals surface area contributed by atoms with Crippen LogP contribution in [0.4, 0.5) is 8.78 Å². The van der Waals surface area contributed by atoms with Crippen LogP contribution in [0.15, 0.2) is 22.7 Å². The molecule has 1 amide bonds. The topological polar surface area (TPSA) is 68.0 Å². The van der Waals surface area contributed by atoms with Gasteiger partial charge in [-0.1, -0.05) is 17.3 Å². The van der Waals surface area contributed by atoms with Crippen molar-refractivity contribution < 1.29 is 18.1 Å². The van der Waals surface area contributed by atoms with Crippen LogP contribution in [0.2, 0.25) is 0 Å². The number of nitrogens with one attached hydrogen (secondary N) is 1. The van der Waals surface area contributed by atoms with Gasteiger partial charge in [-0.2, -0.15) is 13.8 Å². The highest BCUT2D eigenvalue weighted by atomic mass is 19.3. The average Bonchev–Trinajstić information content (AvgIpc) is 3.05. The van der Waals surface area contributed by atoms with Gasteiger partial charge in [0, 0.05) is 12.5 Å². The molecule has 1 aliphatic carbocycles. The summed E-state index contributed by atoms with van der Waals surface area (Å²) in [4.78, 5) is 14.8. The molecular weight excluding hydrogens is 280 g/mol. The van der Waals surface area contributed by atoms with Crippen LogP contribution in [0.5, 0.6) is 0 Å². The van der Waals surface area contributed by atoms with Gasteiger partial charge in [0.15, 0.2) is 0 Å². The maximum absolute atomic E-state index is 12.5. The van der Waals surface area contributed by atoms with Crippen LogP contribution in [0.3, 0.4) is 0 Å². The van der Waals surface area contributed by atoms with E-state index >= 15 is 0 Å². The molecule has 2 aromatic rings. The maximum Gasteiger partial charge on any atom is 0.315 e. The lowest BCUT2D eigenvalue weighted by molar-refractivity contribution is -0.119. The monoisotopic (exact) mass is 293 g/mol. The number of amides is 1. The van der Waals surface area contributed by atoms with Crippen molar-refractivity contribution >= 4 is 5.91 Å². The largest absolute Gasteiger partial charge is 0.350 e. The van der Waals surface area contributed by atoms with Gasteiger partial charge in [0.2, 0.25) is 11.7 Å². The Balaban J connectivity index is 1.88. The molecule has 0 bridgehead atoms. The first kappa shape index (κ1) is 13.7. The minimum absolute atomic E-state index is 0.00782. The van der Waals surface area contributed by atoms with Crippen LogP contribution < -0.4 is 5.32 Å². The number of nitrogens with zero attached hydrogens (tertiary/aromatic N) is 2. The second-order valence-corrected chi connectivity index (χ2v) is 4.96.